The maximum Gasteiger partial charge on any atom is 0.249 e. The van der Waals surface area contributed by atoms with Crippen LogP contribution in [0.4, 0.5) is 0 Å². The molecule has 0 N–H and O–H groups in total. The minimum Gasteiger partial charge on any atom is -0.334 e. The molecule has 0 bridgehead atoms. The molecule has 1 heterocycles. The molecule has 1 amide bonds. The third-order valence-corrected chi connectivity index (χ3v) is 3.20. The van der Waals surface area contributed by atoms with Crippen LogP contribution in [-0.2, 0) is 4.79 Å². The van der Waals surface area contributed by atoms with Gasteiger partial charge in [-0.05, 0) is 34.6 Å². The van der Waals surface area contributed by atoms with E-state index in [0.29, 0.717) is 5.57 Å². The Morgan fingerprint density at radius 1 is 1.31 bits per heavy atom. The number of piperazine rings is 1. The highest BCUT2D eigenvalue weighted by Crippen LogP contribution is 2.20. The van der Waals surface area contributed by atoms with Crippen LogP contribution in [0.15, 0.2) is 12.2 Å². The molecular weight excluding hydrogens is 200 g/mol. The quantitative estimate of drug-likeness (QED) is 0.635. The molecule has 0 unspecified atom stereocenters. The third kappa shape index (κ3) is 2.85. The van der Waals surface area contributed by atoms with Gasteiger partial charge < -0.3 is 4.90 Å². The standard InChI is InChI=1S/C13H24N2O/c1-10(2)12(16)15-8-7-14(9-11(15)3)13(4,5)6/h11H,1,7-9H2,2-6H3/t11-/m1/s1. The van der Waals surface area contributed by atoms with Crippen molar-refractivity contribution >= 4 is 5.91 Å². The molecule has 1 fully saturated rings. The fourth-order valence-corrected chi connectivity index (χ4v) is 2.11. The lowest BCUT2D eigenvalue weighted by Gasteiger charge is -2.45. The van der Waals surface area contributed by atoms with Gasteiger partial charge in [-0.2, -0.15) is 0 Å². The lowest BCUT2D eigenvalue weighted by molar-refractivity contribution is -0.132. The van der Waals surface area contributed by atoms with Gasteiger partial charge in [-0.3, -0.25) is 9.69 Å². The summed E-state index contributed by atoms with van der Waals surface area (Å²) in [5.74, 6) is 0.0982. The highest BCUT2D eigenvalue weighted by atomic mass is 16.2. The SMILES string of the molecule is C=C(C)C(=O)N1CCN(C(C)(C)C)C[C@H]1C. The fraction of sp³-hybridized carbons (Fsp3) is 0.769. The first kappa shape index (κ1) is 13.2. The van der Waals surface area contributed by atoms with Crippen molar-refractivity contribution in [1.82, 2.24) is 9.80 Å². The second-order valence-electron chi connectivity index (χ2n) is 5.74. The van der Waals surface area contributed by atoms with Crippen molar-refractivity contribution in [3.63, 3.8) is 0 Å². The molecule has 16 heavy (non-hydrogen) atoms. The molecule has 0 aromatic heterocycles. The number of hydrogen-bond donors (Lipinski definition) is 0. The summed E-state index contributed by atoms with van der Waals surface area (Å²) in [6, 6.07) is 0.275. The van der Waals surface area contributed by atoms with Gasteiger partial charge in [0.2, 0.25) is 5.91 Å². The van der Waals surface area contributed by atoms with Gasteiger partial charge in [-0.1, -0.05) is 6.58 Å². The topological polar surface area (TPSA) is 23.6 Å². The molecule has 0 aliphatic carbocycles. The normalized spacial score (nSPS) is 23.3. The molecule has 1 aliphatic rings. The van der Waals surface area contributed by atoms with Gasteiger partial charge in [0.1, 0.15) is 0 Å². The largest absolute Gasteiger partial charge is 0.334 e. The van der Waals surface area contributed by atoms with Crippen molar-refractivity contribution in [2.75, 3.05) is 19.6 Å². The molecule has 0 spiro atoms. The summed E-state index contributed by atoms with van der Waals surface area (Å²) in [5, 5.41) is 0. The van der Waals surface area contributed by atoms with Gasteiger partial charge in [-0.25, -0.2) is 0 Å². The first-order valence-electron chi connectivity index (χ1n) is 5.95. The van der Waals surface area contributed by atoms with E-state index in [1.54, 1.807) is 6.92 Å². The average Bonchev–Trinajstić information content (AvgIpc) is 2.15. The third-order valence-electron chi connectivity index (χ3n) is 3.20. The monoisotopic (exact) mass is 224 g/mol. The van der Waals surface area contributed by atoms with Crippen LogP contribution >= 0.6 is 0 Å². The second-order valence-corrected chi connectivity index (χ2v) is 5.74. The van der Waals surface area contributed by atoms with Gasteiger partial charge in [0, 0.05) is 36.8 Å². The minimum absolute atomic E-state index is 0.0982. The van der Waals surface area contributed by atoms with Gasteiger partial charge >= 0.3 is 0 Å². The Hall–Kier alpha value is -0.830. The van der Waals surface area contributed by atoms with Crippen molar-refractivity contribution in [3.05, 3.63) is 12.2 Å². The predicted octanol–water partition coefficient (Wildman–Crippen LogP) is 1.89. The van der Waals surface area contributed by atoms with Crippen LogP contribution in [0.5, 0.6) is 0 Å². The Bertz CT molecular complexity index is 291. The van der Waals surface area contributed by atoms with Crippen LogP contribution in [0.1, 0.15) is 34.6 Å². The van der Waals surface area contributed by atoms with E-state index in [2.05, 4.69) is 39.2 Å². The summed E-state index contributed by atoms with van der Waals surface area (Å²) in [7, 11) is 0. The first-order valence-corrected chi connectivity index (χ1v) is 5.95. The number of carbonyl (C=O) groups is 1. The maximum absolute atomic E-state index is 11.9. The van der Waals surface area contributed by atoms with Crippen molar-refractivity contribution in [2.24, 2.45) is 0 Å². The number of carbonyl (C=O) groups excluding carboxylic acids is 1. The molecule has 1 rings (SSSR count). The summed E-state index contributed by atoms with van der Waals surface area (Å²) in [5.41, 5.74) is 0.822. The number of nitrogens with zero attached hydrogens (tertiary/aromatic N) is 2. The Labute approximate surface area is 99.1 Å². The van der Waals surface area contributed by atoms with Crippen LogP contribution in [0.25, 0.3) is 0 Å². The average molecular weight is 224 g/mol. The molecule has 1 aliphatic heterocycles. The Balaban J connectivity index is 2.66. The molecule has 1 saturated heterocycles. The predicted molar refractivity (Wildman–Crippen MR) is 67.3 cm³/mol. The zero-order valence-corrected chi connectivity index (χ0v) is 11.2. The first-order chi connectivity index (χ1) is 7.23. The van der Waals surface area contributed by atoms with E-state index in [-0.39, 0.29) is 17.5 Å². The lowest BCUT2D eigenvalue weighted by Crippen LogP contribution is -2.58. The minimum atomic E-state index is 0.0982. The molecule has 1 atom stereocenters. The molecule has 0 radical (unpaired) electrons. The summed E-state index contributed by atoms with van der Waals surface area (Å²) in [6.07, 6.45) is 0. The summed E-state index contributed by atoms with van der Waals surface area (Å²) < 4.78 is 0. The van der Waals surface area contributed by atoms with E-state index in [9.17, 15) is 4.79 Å². The maximum atomic E-state index is 11.9. The number of amides is 1. The molecule has 3 heteroatoms. The van der Waals surface area contributed by atoms with Crippen molar-refractivity contribution in [2.45, 2.75) is 46.2 Å². The zero-order chi connectivity index (χ0) is 12.5. The van der Waals surface area contributed by atoms with E-state index >= 15 is 0 Å². The molecule has 3 nitrogen and oxygen atoms in total. The van der Waals surface area contributed by atoms with Gasteiger partial charge in [0.25, 0.3) is 0 Å². The van der Waals surface area contributed by atoms with Crippen molar-refractivity contribution < 1.29 is 4.79 Å². The van der Waals surface area contributed by atoms with Crippen LogP contribution in [0, 0.1) is 0 Å². The molecular formula is C13H24N2O. The van der Waals surface area contributed by atoms with E-state index in [0.717, 1.165) is 19.6 Å². The number of rotatable bonds is 1. The molecule has 92 valence electrons. The molecule has 0 saturated carbocycles. The van der Waals surface area contributed by atoms with E-state index < -0.39 is 0 Å². The lowest BCUT2D eigenvalue weighted by atomic mass is 10.0. The van der Waals surface area contributed by atoms with Crippen LogP contribution in [0.2, 0.25) is 0 Å². The van der Waals surface area contributed by atoms with E-state index in [1.165, 1.54) is 0 Å². The highest BCUT2D eigenvalue weighted by Gasteiger charge is 2.32. The smallest absolute Gasteiger partial charge is 0.249 e. The van der Waals surface area contributed by atoms with E-state index in [4.69, 9.17) is 0 Å². The van der Waals surface area contributed by atoms with Crippen LogP contribution in [0.3, 0.4) is 0 Å². The Kier molecular flexibility index (Phi) is 3.79. The number of hydrogen-bond acceptors (Lipinski definition) is 2. The van der Waals surface area contributed by atoms with Crippen LogP contribution in [-0.4, -0.2) is 46.9 Å². The van der Waals surface area contributed by atoms with Gasteiger partial charge in [0.15, 0.2) is 0 Å². The summed E-state index contributed by atoms with van der Waals surface area (Å²) in [4.78, 5) is 16.2. The Morgan fingerprint density at radius 2 is 1.88 bits per heavy atom. The second kappa shape index (κ2) is 4.58. The summed E-state index contributed by atoms with van der Waals surface area (Å²) >= 11 is 0. The van der Waals surface area contributed by atoms with Crippen molar-refractivity contribution in [1.29, 1.82) is 0 Å². The van der Waals surface area contributed by atoms with Gasteiger partial charge in [0.05, 0.1) is 0 Å². The molecule has 0 aromatic rings. The van der Waals surface area contributed by atoms with E-state index in [1.807, 2.05) is 4.90 Å². The van der Waals surface area contributed by atoms with Crippen LogP contribution < -0.4 is 0 Å². The molecule has 0 aromatic carbocycles. The zero-order valence-electron chi connectivity index (χ0n) is 11.2. The van der Waals surface area contributed by atoms with Gasteiger partial charge in [-0.15, -0.1) is 0 Å². The fourth-order valence-electron chi connectivity index (χ4n) is 2.11. The van der Waals surface area contributed by atoms with Crippen molar-refractivity contribution in [3.8, 4) is 0 Å². The summed E-state index contributed by atoms with van der Waals surface area (Å²) in [6.45, 7) is 17.0. The Morgan fingerprint density at radius 3 is 2.25 bits per heavy atom. The highest BCUT2D eigenvalue weighted by molar-refractivity contribution is 5.92.